The second kappa shape index (κ2) is 7.76. The minimum Gasteiger partial charge on any atom is -0.350 e. The normalized spacial score (nSPS) is 17.5. The van der Waals surface area contributed by atoms with Crippen molar-refractivity contribution in [2.24, 2.45) is 0 Å². The molecule has 0 saturated carbocycles. The first-order valence-corrected chi connectivity index (χ1v) is 10.3. The Labute approximate surface area is 172 Å². The van der Waals surface area contributed by atoms with Crippen molar-refractivity contribution in [2.75, 3.05) is 20.1 Å². The van der Waals surface area contributed by atoms with Crippen LogP contribution in [0.2, 0.25) is 10.0 Å². The molecular weight excluding hydrogens is 401 g/mol. The van der Waals surface area contributed by atoms with E-state index in [2.05, 4.69) is 22.2 Å². The van der Waals surface area contributed by atoms with Crippen LogP contribution < -0.4 is 5.32 Å². The van der Waals surface area contributed by atoms with Crippen molar-refractivity contribution in [3.63, 3.8) is 0 Å². The van der Waals surface area contributed by atoms with Gasteiger partial charge in [0.05, 0.1) is 0 Å². The summed E-state index contributed by atoms with van der Waals surface area (Å²) in [5.74, 6) is -0.0786. The van der Waals surface area contributed by atoms with Crippen LogP contribution in [0.4, 0.5) is 0 Å². The van der Waals surface area contributed by atoms with E-state index in [4.69, 9.17) is 23.2 Å². The third-order valence-electron chi connectivity index (χ3n) is 4.68. The third kappa shape index (κ3) is 4.27. The largest absolute Gasteiger partial charge is 0.350 e. The van der Waals surface area contributed by atoms with Gasteiger partial charge in [0.15, 0.2) is 0 Å². The molecule has 0 bridgehead atoms. The lowest BCUT2D eigenvalue weighted by atomic mass is 10.2. The van der Waals surface area contributed by atoms with Gasteiger partial charge in [-0.25, -0.2) is 0 Å². The van der Waals surface area contributed by atoms with E-state index in [0.29, 0.717) is 15.7 Å². The maximum atomic E-state index is 12.7. The topological polar surface area (TPSA) is 48.1 Å². The molecule has 7 heteroatoms. The third-order valence-corrected chi connectivity index (χ3v) is 6.21. The van der Waals surface area contributed by atoms with Crippen LogP contribution in [0.1, 0.15) is 16.9 Å². The number of hydrogen-bond acceptors (Lipinski definition) is 3. The number of carbonyl (C=O) groups excluding carboxylic acids is 1. The van der Waals surface area contributed by atoms with Gasteiger partial charge in [0, 0.05) is 43.3 Å². The van der Waals surface area contributed by atoms with Gasteiger partial charge in [-0.3, -0.25) is 4.79 Å². The van der Waals surface area contributed by atoms with Gasteiger partial charge in [-0.15, -0.1) is 0 Å². The first-order valence-electron chi connectivity index (χ1n) is 8.73. The second-order valence-corrected chi connectivity index (χ2v) is 8.81. The monoisotopic (exact) mass is 419 g/mol. The summed E-state index contributed by atoms with van der Waals surface area (Å²) in [6.07, 6.45) is 0.978. The molecule has 0 radical (unpaired) electrons. The number of halogens is 2. The molecule has 2 heterocycles. The van der Waals surface area contributed by atoms with Crippen LogP contribution in [0, 0.1) is 0 Å². The molecular formula is C20H19Cl2N3OS. The Kier molecular flexibility index (Phi) is 5.37. The van der Waals surface area contributed by atoms with E-state index in [0.717, 1.165) is 40.2 Å². The number of nitrogens with zero attached hydrogens (tertiary/aromatic N) is 1. The predicted octanol–water partition coefficient (Wildman–Crippen LogP) is 5.06. The molecule has 1 atom stereocenters. The maximum absolute atomic E-state index is 12.7. The molecule has 3 aromatic rings. The van der Waals surface area contributed by atoms with Crippen LogP contribution in [-0.2, 0) is 0 Å². The van der Waals surface area contributed by atoms with Crippen molar-refractivity contribution in [3.05, 3.63) is 58.2 Å². The van der Waals surface area contributed by atoms with Crippen molar-refractivity contribution < 1.29 is 4.79 Å². The average molecular weight is 420 g/mol. The number of aromatic nitrogens is 1. The van der Waals surface area contributed by atoms with Crippen molar-refractivity contribution in [1.29, 1.82) is 0 Å². The van der Waals surface area contributed by atoms with Crippen LogP contribution in [0.25, 0.3) is 10.9 Å². The number of likely N-dealkylation sites (tertiary alicyclic amines) is 1. The zero-order chi connectivity index (χ0) is 19.0. The van der Waals surface area contributed by atoms with Crippen LogP contribution in [0.15, 0.2) is 52.3 Å². The number of hydrogen-bond donors (Lipinski definition) is 2. The molecule has 1 saturated heterocycles. The quantitative estimate of drug-likeness (QED) is 0.620. The highest BCUT2D eigenvalue weighted by Crippen LogP contribution is 2.36. The number of amides is 1. The molecule has 2 aromatic carbocycles. The first kappa shape index (κ1) is 18.7. The fraction of sp³-hybridized carbons (Fsp3) is 0.250. The summed E-state index contributed by atoms with van der Waals surface area (Å²) in [6, 6.07) is 13.5. The van der Waals surface area contributed by atoms with E-state index < -0.39 is 0 Å². The summed E-state index contributed by atoms with van der Waals surface area (Å²) >= 11 is 13.9. The van der Waals surface area contributed by atoms with Gasteiger partial charge in [-0.05, 0) is 62.5 Å². The van der Waals surface area contributed by atoms with Crippen LogP contribution in [-0.4, -0.2) is 42.0 Å². The highest BCUT2D eigenvalue weighted by Gasteiger charge is 2.22. The number of rotatable bonds is 4. The molecule has 4 nitrogen and oxygen atoms in total. The Balaban J connectivity index is 1.61. The van der Waals surface area contributed by atoms with E-state index in [1.165, 1.54) is 0 Å². The Morgan fingerprint density at radius 2 is 1.96 bits per heavy atom. The predicted molar refractivity (Wildman–Crippen MR) is 112 cm³/mol. The SMILES string of the molecule is CN1CCC(NC(=O)c2cc3c(Sc4ccc(Cl)cc4)cc(Cl)cc3[nH]2)C1. The molecule has 1 aliphatic heterocycles. The number of nitrogens with one attached hydrogen (secondary N) is 2. The molecule has 2 N–H and O–H groups in total. The summed E-state index contributed by atoms with van der Waals surface area (Å²) in [4.78, 5) is 20.1. The molecule has 27 heavy (non-hydrogen) atoms. The standard InChI is InChI=1S/C20H19Cl2N3OS/c1-25-7-6-14(11-25)23-20(26)18-10-16-17(24-18)8-13(22)9-19(16)27-15-4-2-12(21)3-5-15/h2-5,8-10,14,24H,6-7,11H2,1H3,(H,23,26). The number of H-pyrrole nitrogens is 1. The van der Waals surface area contributed by atoms with Gasteiger partial charge in [-0.2, -0.15) is 0 Å². The van der Waals surface area contributed by atoms with Gasteiger partial charge in [0.25, 0.3) is 5.91 Å². The second-order valence-electron chi connectivity index (χ2n) is 6.83. The molecule has 1 fully saturated rings. The fourth-order valence-corrected chi connectivity index (χ4v) is 4.72. The molecule has 0 aliphatic carbocycles. The van der Waals surface area contributed by atoms with E-state index in [1.54, 1.807) is 11.8 Å². The molecule has 0 spiro atoms. The highest BCUT2D eigenvalue weighted by atomic mass is 35.5. The molecule has 4 rings (SSSR count). The summed E-state index contributed by atoms with van der Waals surface area (Å²) in [6.45, 7) is 1.89. The molecule has 140 valence electrons. The molecule has 1 unspecified atom stereocenters. The van der Waals surface area contributed by atoms with Crippen LogP contribution in [0.5, 0.6) is 0 Å². The van der Waals surface area contributed by atoms with Gasteiger partial charge < -0.3 is 15.2 Å². The van der Waals surface area contributed by atoms with Crippen molar-refractivity contribution in [3.8, 4) is 0 Å². The zero-order valence-corrected chi connectivity index (χ0v) is 17.1. The Hall–Kier alpha value is -1.66. The number of aromatic amines is 1. The number of benzene rings is 2. The van der Waals surface area contributed by atoms with E-state index in [-0.39, 0.29) is 11.9 Å². The molecule has 1 aromatic heterocycles. The van der Waals surface area contributed by atoms with Gasteiger partial charge >= 0.3 is 0 Å². The molecule has 1 aliphatic rings. The van der Waals surface area contributed by atoms with Gasteiger partial charge in [-0.1, -0.05) is 35.0 Å². The smallest absolute Gasteiger partial charge is 0.267 e. The van der Waals surface area contributed by atoms with E-state index in [9.17, 15) is 4.79 Å². The summed E-state index contributed by atoms with van der Waals surface area (Å²) < 4.78 is 0. The van der Waals surface area contributed by atoms with Gasteiger partial charge in [0.1, 0.15) is 5.69 Å². The summed E-state index contributed by atoms with van der Waals surface area (Å²) in [5.41, 5.74) is 1.41. The minimum atomic E-state index is -0.0786. The fourth-order valence-electron chi connectivity index (χ4n) is 3.32. The maximum Gasteiger partial charge on any atom is 0.267 e. The number of carbonyl (C=O) groups is 1. The van der Waals surface area contributed by atoms with Crippen LogP contribution >= 0.6 is 35.0 Å². The van der Waals surface area contributed by atoms with E-state index in [1.807, 2.05) is 42.5 Å². The lowest BCUT2D eigenvalue weighted by Gasteiger charge is -2.11. The first-order chi connectivity index (χ1) is 13.0. The Morgan fingerprint density at radius 1 is 1.19 bits per heavy atom. The van der Waals surface area contributed by atoms with Crippen molar-refractivity contribution in [1.82, 2.24) is 15.2 Å². The summed E-state index contributed by atoms with van der Waals surface area (Å²) in [5, 5.41) is 5.42. The van der Waals surface area contributed by atoms with Crippen molar-refractivity contribution in [2.45, 2.75) is 22.3 Å². The zero-order valence-electron chi connectivity index (χ0n) is 14.8. The van der Waals surface area contributed by atoms with E-state index >= 15 is 0 Å². The number of fused-ring (bicyclic) bond motifs is 1. The Bertz CT molecular complexity index is 987. The highest BCUT2D eigenvalue weighted by molar-refractivity contribution is 7.99. The van der Waals surface area contributed by atoms with Crippen molar-refractivity contribution >= 4 is 51.8 Å². The lowest BCUT2D eigenvalue weighted by molar-refractivity contribution is 0.0934. The Morgan fingerprint density at radius 3 is 2.67 bits per heavy atom. The summed E-state index contributed by atoms with van der Waals surface area (Å²) in [7, 11) is 2.07. The molecule has 1 amide bonds. The number of likely N-dealkylation sites (N-methyl/N-ethyl adjacent to an activating group) is 1. The minimum absolute atomic E-state index is 0.0786. The average Bonchev–Trinajstić information content (AvgIpc) is 3.23. The lowest BCUT2D eigenvalue weighted by Crippen LogP contribution is -2.36. The van der Waals surface area contributed by atoms with Crippen LogP contribution in [0.3, 0.4) is 0 Å². The van der Waals surface area contributed by atoms with Gasteiger partial charge in [0.2, 0.25) is 0 Å².